The SMILES string of the molecule is c1ccc(-c2ccc(-c3cccc(-c4cc(-c5ccccc5)nc(-c5cc(-c6cccc7c6oc6ccccc67)cc(-c6cc(-c7cc(-c8ccc(-c9ccccc9)cc8)cc(-c8cc(-c9ccccc9)nc(-c9cc(-c%10ccc%11oc%12ccccc%12c%11c%10)cc(-c%10ccc%11oc%12ccccc%12c%11c%10)c9)n8)c7)cc7c6oc6ccccc67)c5)n4)c3)cc2)cc1. The molecule has 24 rings (SSSR count). The quantitative estimate of drug-likeness (QED) is 0.1000. The maximum Gasteiger partial charge on any atom is 0.160 e. The third-order valence-electron chi connectivity index (χ3n) is 24.3. The van der Waals surface area contributed by atoms with Gasteiger partial charge in [0.15, 0.2) is 11.6 Å². The monoisotopic (exact) mass is 1580 g/mol. The van der Waals surface area contributed by atoms with E-state index in [1.165, 1.54) is 5.56 Å². The molecule has 0 amide bonds. The zero-order chi connectivity index (χ0) is 81.7. The van der Waals surface area contributed by atoms with Crippen molar-refractivity contribution in [3.63, 3.8) is 0 Å². The van der Waals surface area contributed by atoms with Gasteiger partial charge in [0.1, 0.15) is 44.7 Å². The first kappa shape index (κ1) is 71.4. The van der Waals surface area contributed by atoms with Crippen LogP contribution in [0, 0.1) is 0 Å². The molecule has 0 N–H and O–H groups in total. The fourth-order valence-corrected chi connectivity index (χ4v) is 18.1. The molecule has 6 aromatic heterocycles. The number of fused-ring (bicyclic) bond motifs is 12. The summed E-state index contributed by atoms with van der Waals surface area (Å²) in [4.78, 5) is 22.7. The summed E-state index contributed by atoms with van der Waals surface area (Å²) >= 11 is 0. The smallest absolute Gasteiger partial charge is 0.160 e. The van der Waals surface area contributed by atoms with Crippen molar-refractivity contribution in [2.45, 2.75) is 0 Å². The molecule has 0 spiro atoms. The molecular weight excluding hydrogens is 1510 g/mol. The minimum Gasteiger partial charge on any atom is -0.456 e. The summed E-state index contributed by atoms with van der Waals surface area (Å²) in [5.74, 6) is 1.12. The Bertz CT molecular complexity index is 8200. The third kappa shape index (κ3) is 13.0. The lowest BCUT2D eigenvalue weighted by atomic mass is 9.89. The van der Waals surface area contributed by atoms with Crippen LogP contribution in [0.25, 0.3) is 256 Å². The Balaban J connectivity index is 0.718. The van der Waals surface area contributed by atoms with Gasteiger partial charge in [-0.25, -0.2) is 19.9 Å². The Morgan fingerprint density at radius 2 is 0.403 bits per heavy atom. The predicted octanol–water partition coefficient (Wildman–Crippen LogP) is 31.9. The number of benzene rings is 18. The molecule has 0 atom stereocenters. The number of hydrogen-bond acceptors (Lipinski definition) is 8. The number of hydrogen-bond donors (Lipinski definition) is 0. The van der Waals surface area contributed by atoms with Crippen molar-refractivity contribution in [2.24, 2.45) is 0 Å². The van der Waals surface area contributed by atoms with Crippen LogP contribution >= 0.6 is 0 Å². The van der Waals surface area contributed by atoms with Crippen molar-refractivity contribution >= 4 is 87.8 Å². The van der Waals surface area contributed by atoms with Crippen LogP contribution in [0.15, 0.2) is 442 Å². The molecular formula is C116H70N4O4. The van der Waals surface area contributed by atoms with Crippen LogP contribution < -0.4 is 0 Å². The molecule has 0 saturated heterocycles. The van der Waals surface area contributed by atoms with E-state index in [1.807, 2.05) is 48.5 Å². The maximum atomic E-state index is 7.27. The maximum absolute atomic E-state index is 7.27. The van der Waals surface area contributed by atoms with Crippen molar-refractivity contribution in [3.8, 4) is 168 Å². The molecule has 0 bridgehead atoms. The summed E-state index contributed by atoms with van der Waals surface area (Å²) in [6.07, 6.45) is 0. The summed E-state index contributed by atoms with van der Waals surface area (Å²) in [5, 5.41) is 8.20. The first-order chi connectivity index (χ1) is 61.3. The Hall–Kier alpha value is -16.7. The van der Waals surface area contributed by atoms with Crippen LogP contribution in [0.1, 0.15) is 0 Å². The van der Waals surface area contributed by atoms with E-state index in [1.54, 1.807) is 0 Å². The second-order valence-corrected chi connectivity index (χ2v) is 31.9. The van der Waals surface area contributed by atoms with Gasteiger partial charge in [-0.2, -0.15) is 0 Å². The summed E-state index contributed by atoms with van der Waals surface area (Å²) in [5.41, 5.74) is 33.3. The molecule has 0 saturated carbocycles. The van der Waals surface area contributed by atoms with Gasteiger partial charge in [0.25, 0.3) is 0 Å². The summed E-state index contributed by atoms with van der Waals surface area (Å²) in [7, 11) is 0. The van der Waals surface area contributed by atoms with Gasteiger partial charge < -0.3 is 17.7 Å². The van der Waals surface area contributed by atoms with Crippen molar-refractivity contribution in [1.29, 1.82) is 0 Å². The van der Waals surface area contributed by atoms with E-state index < -0.39 is 0 Å². The lowest BCUT2D eigenvalue weighted by molar-refractivity contribution is 0.668. The average molecular weight is 1580 g/mol. The van der Waals surface area contributed by atoms with Crippen molar-refractivity contribution in [3.05, 3.63) is 425 Å². The Labute approximate surface area is 713 Å². The highest BCUT2D eigenvalue weighted by atomic mass is 16.3. The van der Waals surface area contributed by atoms with E-state index in [0.29, 0.717) is 11.6 Å². The molecule has 578 valence electrons. The Morgan fingerprint density at radius 3 is 0.911 bits per heavy atom. The first-order valence-electron chi connectivity index (χ1n) is 41.8. The molecule has 0 aliphatic rings. The van der Waals surface area contributed by atoms with Crippen LogP contribution in [0.2, 0.25) is 0 Å². The lowest BCUT2D eigenvalue weighted by Crippen LogP contribution is -1.98. The minimum atomic E-state index is 0.553. The number of furan rings is 4. The lowest BCUT2D eigenvalue weighted by Gasteiger charge is -2.16. The van der Waals surface area contributed by atoms with Crippen molar-refractivity contribution < 1.29 is 17.7 Å². The Kier molecular flexibility index (Phi) is 17.1. The molecule has 0 radical (unpaired) electrons. The van der Waals surface area contributed by atoms with Crippen LogP contribution in [0.4, 0.5) is 0 Å². The van der Waals surface area contributed by atoms with Crippen molar-refractivity contribution in [1.82, 2.24) is 19.9 Å². The molecule has 0 fully saturated rings. The van der Waals surface area contributed by atoms with E-state index in [0.717, 1.165) is 238 Å². The van der Waals surface area contributed by atoms with Gasteiger partial charge in [0, 0.05) is 87.6 Å². The van der Waals surface area contributed by atoms with Gasteiger partial charge >= 0.3 is 0 Å². The zero-order valence-electron chi connectivity index (χ0n) is 66.8. The van der Waals surface area contributed by atoms with Crippen LogP contribution in [0.3, 0.4) is 0 Å². The second-order valence-electron chi connectivity index (χ2n) is 31.9. The number of nitrogens with zero attached hydrogens (tertiary/aromatic N) is 4. The highest BCUT2D eigenvalue weighted by Crippen LogP contribution is 2.48. The number of aromatic nitrogens is 4. The fraction of sp³-hybridized carbons (Fsp3) is 0. The summed E-state index contributed by atoms with van der Waals surface area (Å²) in [6, 6.07) is 150. The minimum absolute atomic E-state index is 0.553. The normalized spacial score (nSPS) is 11.7. The highest BCUT2D eigenvalue weighted by Gasteiger charge is 2.25. The largest absolute Gasteiger partial charge is 0.456 e. The first-order valence-corrected chi connectivity index (χ1v) is 41.8. The molecule has 24 aromatic rings. The third-order valence-corrected chi connectivity index (χ3v) is 24.3. The van der Waals surface area contributed by atoms with Gasteiger partial charge in [-0.1, -0.05) is 291 Å². The molecule has 0 aliphatic heterocycles. The van der Waals surface area contributed by atoms with Crippen LogP contribution in [-0.2, 0) is 0 Å². The van der Waals surface area contributed by atoms with Gasteiger partial charge in [-0.05, 0) is 222 Å². The topological polar surface area (TPSA) is 104 Å². The summed E-state index contributed by atoms with van der Waals surface area (Å²) < 4.78 is 27.1. The van der Waals surface area contributed by atoms with E-state index in [-0.39, 0.29) is 0 Å². The van der Waals surface area contributed by atoms with Gasteiger partial charge in [-0.15, -0.1) is 0 Å². The van der Waals surface area contributed by atoms with E-state index in [2.05, 4.69) is 376 Å². The zero-order valence-corrected chi connectivity index (χ0v) is 66.8. The predicted molar refractivity (Wildman–Crippen MR) is 508 cm³/mol. The molecule has 6 heterocycles. The van der Waals surface area contributed by atoms with Gasteiger partial charge in [0.05, 0.1) is 22.8 Å². The fourth-order valence-electron chi connectivity index (χ4n) is 18.1. The van der Waals surface area contributed by atoms with Crippen LogP contribution in [-0.4, -0.2) is 19.9 Å². The highest BCUT2D eigenvalue weighted by molar-refractivity contribution is 6.14. The van der Waals surface area contributed by atoms with Crippen LogP contribution in [0.5, 0.6) is 0 Å². The second kappa shape index (κ2) is 29.7. The standard InChI is InChI=1S/C116H70N4O4/c1-5-23-71(24-6-1)73-43-47-75(48-44-73)79-31-21-32-82(55-79)105-69-103(77-27-9-3-10-28-77)117-116(119-105)92-63-88(93-37-22-38-98-94-33-13-19-41-109(94)123-113(93)98)62-89(64-92)99-67-87(68-102-97-36-16-20-42-110(97)124-114(99)102)86-56-83(76-49-45-74(46-50-76)72-25-7-2-8-26-72)58-90(59-86)106-70-104(78-29-11-4-12-30-78)118-115(120-106)91-60-84(80-51-53-111-100(65-80)95-34-14-17-39-107(95)121-111)57-85(61-91)81-52-54-112-101(66-81)96-35-15-18-40-108(96)122-112/h1-70H. The summed E-state index contributed by atoms with van der Waals surface area (Å²) in [6.45, 7) is 0. The average Bonchev–Trinajstić information content (AvgIpc) is 1.51. The van der Waals surface area contributed by atoms with E-state index >= 15 is 0 Å². The molecule has 18 aromatic carbocycles. The van der Waals surface area contributed by atoms with Gasteiger partial charge in [-0.3, -0.25) is 0 Å². The molecule has 124 heavy (non-hydrogen) atoms. The molecule has 8 heteroatoms. The number of para-hydroxylation sites is 5. The van der Waals surface area contributed by atoms with Gasteiger partial charge in [0.2, 0.25) is 0 Å². The van der Waals surface area contributed by atoms with Crippen molar-refractivity contribution in [2.75, 3.05) is 0 Å². The van der Waals surface area contributed by atoms with E-state index in [9.17, 15) is 0 Å². The molecule has 8 nitrogen and oxygen atoms in total. The van der Waals surface area contributed by atoms with E-state index in [4.69, 9.17) is 37.6 Å². The Morgan fingerprint density at radius 1 is 0.129 bits per heavy atom. The number of rotatable bonds is 15. The molecule has 0 unspecified atom stereocenters. The molecule has 0 aliphatic carbocycles.